The van der Waals surface area contributed by atoms with Crippen molar-refractivity contribution in [3.8, 4) is 0 Å². The molecular formula is C21H27N3OS2. The number of nitrogens with one attached hydrogen (secondary N) is 1. The lowest BCUT2D eigenvalue weighted by atomic mass is 9.95. The molecule has 0 unspecified atom stereocenters. The Morgan fingerprint density at radius 3 is 2.67 bits per heavy atom. The topological polar surface area (TPSA) is 54.9 Å². The summed E-state index contributed by atoms with van der Waals surface area (Å²) in [4.78, 5) is 25.0. The van der Waals surface area contributed by atoms with Crippen LogP contribution < -0.4 is 5.32 Å². The third kappa shape index (κ3) is 3.88. The number of carbonyl (C=O) groups is 1. The minimum absolute atomic E-state index is 0.163. The Bertz CT molecular complexity index is 853. The zero-order valence-electron chi connectivity index (χ0n) is 15.8. The van der Waals surface area contributed by atoms with E-state index in [1.807, 2.05) is 11.3 Å². The van der Waals surface area contributed by atoms with Crippen molar-refractivity contribution in [2.75, 3.05) is 5.75 Å². The SMILES string of the molecule is O=C(CSc1nc(C2CC2)nc2sc3c(c12)CCCC3)NC1CCCCC1. The van der Waals surface area contributed by atoms with Crippen molar-refractivity contribution in [3.05, 3.63) is 16.3 Å². The first kappa shape index (κ1) is 17.9. The average Bonchev–Trinajstić information content (AvgIpc) is 3.47. The molecule has 5 rings (SSSR count). The molecule has 0 aliphatic heterocycles. The fourth-order valence-electron chi connectivity index (χ4n) is 4.42. The Hall–Kier alpha value is -1.14. The van der Waals surface area contributed by atoms with Gasteiger partial charge in [0.25, 0.3) is 0 Å². The molecule has 4 nitrogen and oxygen atoms in total. The standard InChI is InChI=1S/C21H27N3OS2/c25-17(22-14-6-2-1-3-7-14)12-26-20-18-15-8-4-5-9-16(15)27-21(18)24-19(23-20)13-10-11-13/h13-14H,1-12H2,(H,22,25). The van der Waals surface area contributed by atoms with E-state index in [1.54, 1.807) is 11.8 Å². The van der Waals surface area contributed by atoms with Gasteiger partial charge < -0.3 is 5.32 Å². The Kier molecular flexibility index (Phi) is 5.11. The third-order valence-electron chi connectivity index (χ3n) is 6.05. The first-order valence-electron chi connectivity index (χ1n) is 10.5. The normalized spacial score (nSPS) is 20.6. The van der Waals surface area contributed by atoms with E-state index in [2.05, 4.69) is 5.32 Å². The number of nitrogens with zero attached hydrogens (tertiary/aromatic N) is 2. The molecule has 3 aliphatic rings. The summed E-state index contributed by atoms with van der Waals surface area (Å²) in [6.07, 6.45) is 13.4. The van der Waals surface area contributed by atoms with Gasteiger partial charge in [-0.25, -0.2) is 9.97 Å². The van der Waals surface area contributed by atoms with Crippen LogP contribution in [0.25, 0.3) is 10.2 Å². The van der Waals surface area contributed by atoms with Crippen LogP contribution in [-0.4, -0.2) is 27.7 Å². The van der Waals surface area contributed by atoms with Gasteiger partial charge in [0.2, 0.25) is 5.91 Å². The minimum atomic E-state index is 0.163. The van der Waals surface area contributed by atoms with Crippen molar-refractivity contribution in [2.24, 2.45) is 0 Å². The summed E-state index contributed by atoms with van der Waals surface area (Å²) >= 11 is 3.50. The van der Waals surface area contributed by atoms with Crippen LogP contribution in [0.3, 0.4) is 0 Å². The molecule has 2 aromatic heterocycles. The van der Waals surface area contributed by atoms with E-state index in [4.69, 9.17) is 9.97 Å². The Labute approximate surface area is 168 Å². The second-order valence-electron chi connectivity index (χ2n) is 8.24. The lowest BCUT2D eigenvalue weighted by molar-refractivity contribution is -0.119. The zero-order chi connectivity index (χ0) is 18.2. The van der Waals surface area contributed by atoms with Gasteiger partial charge in [0.15, 0.2) is 0 Å². The summed E-state index contributed by atoms with van der Waals surface area (Å²) in [6, 6.07) is 0.383. The molecule has 2 heterocycles. The summed E-state index contributed by atoms with van der Waals surface area (Å²) in [6.45, 7) is 0. The molecule has 27 heavy (non-hydrogen) atoms. The smallest absolute Gasteiger partial charge is 0.230 e. The highest BCUT2D eigenvalue weighted by molar-refractivity contribution is 8.00. The molecule has 144 valence electrons. The molecule has 0 atom stereocenters. The van der Waals surface area contributed by atoms with E-state index in [1.165, 1.54) is 67.2 Å². The Morgan fingerprint density at radius 2 is 1.85 bits per heavy atom. The van der Waals surface area contributed by atoms with Gasteiger partial charge in [0.05, 0.1) is 5.75 Å². The molecule has 2 fully saturated rings. The number of thiophene rings is 1. The summed E-state index contributed by atoms with van der Waals surface area (Å²) in [5.41, 5.74) is 1.47. The zero-order valence-corrected chi connectivity index (χ0v) is 17.4. The first-order chi connectivity index (χ1) is 13.3. The fourth-order valence-corrected chi connectivity index (χ4v) is 6.62. The van der Waals surface area contributed by atoms with Crippen LogP contribution in [-0.2, 0) is 17.6 Å². The van der Waals surface area contributed by atoms with Crippen LogP contribution >= 0.6 is 23.1 Å². The van der Waals surface area contributed by atoms with Gasteiger partial charge in [-0.1, -0.05) is 31.0 Å². The van der Waals surface area contributed by atoms with Crippen LogP contribution in [0.4, 0.5) is 0 Å². The van der Waals surface area contributed by atoms with Gasteiger partial charge >= 0.3 is 0 Å². The maximum absolute atomic E-state index is 12.5. The molecular weight excluding hydrogens is 374 g/mol. The molecule has 3 aliphatic carbocycles. The maximum Gasteiger partial charge on any atom is 0.230 e. The van der Waals surface area contributed by atoms with Gasteiger partial charge in [-0.3, -0.25) is 4.79 Å². The van der Waals surface area contributed by atoms with Gasteiger partial charge in [0, 0.05) is 22.2 Å². The highest BCUT2D eigenvalue weighted by Crippen LogP contribution is 2.43. The summed E-state index contributed by atoms with van der Waals surface area (Å²) in [7, 11) is 0. The number of carbonyl (C=O) groups excluding carboxylic acids is 1. The van der Waals surface area contributed by atoms with Gasteiger partial charge in [-0.15, -0.1) is 11.3 Å². The van der Waals surface area contributed by atoms with E-state index in [0.29, 0.717) is 17.7 Å². The van der Waals surface area contributed by atoms with E-state index in [9.17, 15) is 4.79 Å². The van der Waals surface area contributed by atoms with E-state index < -0.39 is 0 Å². The van der Waals surface area contributed by atoms with Crippen molar-refractivity contribution < 1.29 is 4.79 Å². The molecule has 6 heteroatoms. The predicted octanol–water partition coefficient (Wildman–Crippen LogP) is 4.99. The molecule has 0 spiro atoms. The molecule has 1 amide bonds. The first-order valence-corrected chi connectivity index (χ1v) is 12.3. The Balaban J connectivity index is 1.37. The second kappa shape index (κ2) is 7.70. The van der Waals surface area contributed by atoms with E-state index >= 15 is 0 Å². The van der Waals surface area contributed by atoms with Crippen LogP contribution in [0.1, 0.15) is 80.0 Å². The van der Waals surface area contributed by atoms with E-state index in [0.717, 1.165) is 34.9 Å². The number of hydrogen-bond acceptors (Lipinski definition) is 5. The molecule has 2 aromatic rings. The number of hydrogen-bond donors (Lipinski definition) is 1. The number of aryl methyl sites for hydroxylation is 2. The van der Waals surface area contributed by atoms with Crippen LogP contribution in [0, 0.1) is 0 Å². The maximum atomic E-state index is 12.5. The van der Waals surface area contributed by atoms with Crippen molar-refractivity contribution >= 4 is 39.2 Å². The fraction of sp³-hybridized carbons (Fsp3) is 0.667. The lowest BCUT2D eigenvalue weighted by Crippen LogP contribution is -2.37. The Morgan fingerprint density at radius 1 is 1.04 bits per heavy atom. The number of thioether (sulfide) groups is 1. The predicted molar refractivity (Wildman–Crippen MR) is 112 cm³/mol. The number of aromatic nitrogens is 2. The summed E-state index contributed by atoms with van der Waals surface area (Å²) in [5, 5.41) is 5.56. The molecule has 0 saturated heterocycles. The average molecular weight is 402 g/mol. The van der Waals surface area contributed by atoms with Gasteiger partial charge in [-0.2, -0.15) is 0 Å². The van der Waals surface area contributed by atoms with Crippen molar-refractivity contribution in [1.29, 1.82) is 0 Å². The monoisotopic (exact) mass is 401 g/mol. The summed E-state index contributed by atoms with van der Waals surface area (Å²) in [5.74, 6) is 2.19. The third-order valence-corrected chi connectivity index (χ3v) is 8.21. The van der Waals surface area contributed by atoms with Gasteiger partial charge in [-0.05, 0) is 56.9 Å². The number of fused-ring (bicyclic) bond motifs is 3. The lowest BCUT2D eigenvalue weighted by Gasteiger charge is -2.22. The molecule has 2 saturated carbocycles. The van der Waals surface area contributed by atoms with Crippen LogP contribution in [0.2, 0.25) is 0 Å². The van der Waals surface area contributed by atoms with Crippen molar-refractivity contribution in [1.82, 2.24) is 15.3 Å². The van der Waals surface area contributed by atoms with E-state index in [-0.39, 0.29) is 5.91 Å². The second-order valence-corrected chi connectivity index (χ2v) is 10.3. The largest absolute Gasteiger partial charge is 0.353 e. The molecule has 1 N–H and O–H groups in total. The molecule has 0 bridgehead atoms. The highest BCUT2D eigenvalue weighted by atomic mass is 32.2. The number of rotatable bonds is 5. The van der Waals surface area contributed by atoms with Crippen LogP contribution in [0.5, 0.6) is 0 Å². The van der Waals surface area contributed by atoms with Gasteiger partial charge in [0.1, 0.15) is 15.7 Å². The van der Waals surface area contributed by atoms with Crippen molar-refractivity contribution in [2.45, 2.75) is 87.6 Å². The number of amides is 1. The quantitative estimate of drug-likeness (QED) is 0.566. The van der Waals surface area contributed by atoms with Crippen LogP contribution in [0.15, 0.2) is 5.03 Å². The minimum Gasteiger partial charge on any atom is -0.353 e. The summed E-state index contributed by atoms with van der Waals surface area (Å²) < 4.78 is 0. The molecule has 0 radical (unpaired) electrons. The highest BCUT2D eigenvalue weighted by Gasteiger charge is 2.29. The molecule has 0 aromatic carbocycles. The van der Waals surface area contributed by atoms with Crippen molar-refractivity contribution in [3.63, 3.8) is 0 Å².